The zero-order chi connectivity index (χ0) is 25.5. The summed E-state index contributed by atoms with van der Waals surface area (Å²) in [5, 5.41) is 5.49. The molecule has 7 nitrogen and oxygen atoms in total. The Kier molecular flexibility index (Phi) is 8.85. The number of nitrogens with one attached hydrogen (secondary N) is 2. The van der Waals surface area contributed by atoms with E-state index in [1.807, 2.05) is 25.1 Å². The molecule has 34 heavy (non-hydrogen) atoms. The molecule has 0 radical (unpaired) electrons. The van der Waals surface area contributed by atoms with Crippen LogP contribution < -0.4 is 10.6 Å². The lowest BCUT2D eigenvalue weighted by atomic mass is 9.97. The Morgan fingerprint density at radius 3 is 2.29 bits per heavy atom. The van der Waals surface area contributed by atoms with E-state index in [2.05, 4.69) is 16.6 Å². The molecule has 0 aliphatic carbocycles. The fraction of sp³-hybridized carbons (Fsp3) is 0.370. The number of likely N-dealkylation sites (N-methyl/N-ethyl adjacent to an activating group) is 1. The van der Waals surface area contributed by atoms with E-state index in [1.54, 1.807) is 65.0 Å². The minimum atomic E-state index is -1.01. The minimum Gasteiger partial charge on any atom is -0.444 e. The molecule has 2 rings (SSSR count). The molecule has 7 heteroatoms. The fourth-order valence-electron chi connectivity index (χ4n) is 3.49. The first-order valence-corrected chi connectivity index (χ1v) is 11.2. The van der Waals surface area contributed by atoms with Gasteiger partial charge in [-0.05, 0) is 64.8 Å². The van der Waals surface area contributed by atoms with Crippen molar-refractivity contribution in [2.45, 2.75) is 59.2 Å². The number of hydrogen-bond donors (Lipinski definition) is 2. The molecule has 180 valence electrons. The Hall–Kier alpha value is -3.79. The normalized spacial score (nSPS) is 12.6. The minimum absolute atomic E-state index is 0.212. The standard InChI is InChI=1S/C27H33N3O4/c1-8-20-15-11-12-16-21(20)23(24(31)29-22-17-13-10-14-18(22)3)30(9-2)25(32)19(4)28-26(33)34-27(5,6)7/h1,10-17,19,23H,9H2,2-7H3,(H,28,33)(H,29,31). The van der Waals surface area contributed by atoms with E-state index in [0.29, 0.717) is 16.8 Å². The second-order valence-corrected chi connectivity index (χ2v) is 8.93. The summed E-state index contributed by atoms with van der Waals surface area (Å²) in [4.78, 5) is 40.7. The van der Waals surface area contributed by atoms with Crippen LogP contribution in [0, 0.1) is 19.3 Å². The third-order valence-corrected chi connectivity index (χ3v) is 5.10. The molecule has 2 aromatic carbocycles. The topological polar surface area (TPSA) is 87.7 Å². The quantitative estimate of drug-likeness (QED) is 0.595. The van der Waals surface area contributed by atoms with E-state index in [0.717, 1.165) is 5.56 Å². The molecule has 3 amide bonds. The van der Waals surface area contributed by atoms with E-state index in [1.165, 1.54) is 4.90 Å². The predicted octanol–water partition coefficient (Wildman–Crippen LogP) is 4.42. The maximum absolute atomic E-state index is 13.6. The molecule has 0 bridgehead atoms. The average Bonchev–Trinajstić information content (AvgIpc) is 2.77. The molecule has 0 saturated heterocycles. The average molecular weight is 464 g/mol. The maximum Gasteiger partial charge on any atom is 0.408 e. The number of alkyl carbamates (subject to hydrolysis) is 1. The Labute approximate surface area is 201 Å². The van der Waals surface area contributed by atoms with Crippen LogP contribution in [0.3, 0.4) is 0 Å². The molecule has 2 N–H and O–H groups in total. The van der Waals surface area contributed by atoms with Crippen LogP contribution in [0.15, 0.2) is 48.5 Å². The first kappa shape index (κ1) is 26.5. The molecule has 0 aromatic heterocycles. The number of benzene rings is 2. The number of amides is 3. The first-order chi connectivity index (χ1) is 16.0. The first-order valence-electron chi connectivity index (χ1n) is 11.2. The Morgan fingerprint density at radius 1 is 1.09 bits per heavy atom. The van der Waals surface area contributed by atoms with Gasteiger partial charge in [-0.15, -0.1) is 6.42 Å². The number of carbonyl (C=O) groups is 3. The number of carbonyl (C=O) groups excluding carboxylic acids is 3. The van der Waals surface area contributed by atoms with Crippen molar-refractivity contribution >= 4 is 23.6 Å². The van der Waals surface area contributed by atoms with Gasteiger partial charge in [-0.2, -0.15) is 0 Å². The second kappa shape index (κ2) is 11.4. The summed E-state index contributed by atoms with van der Waals surface area (Å²) in [6, 6.07) is 12.4. The molecule has 0 aliphatic heterocycles. The zero-order valence-electron chi connectivity index (χ0n) is 20.6. The van der Waals surface area contributed by atoms with Gasteiger partial charge in [0.2, 0.25) is 5.91 Å². The van der Waals surface area contributed by atoms with Crippen LogP contribution in [0.2, 0.25) is 0 Å². The Bertz CT molecular complexity index is 1080. The van der Waals surface area contributed by atoms with Crippen molar-refractivity contribution in [2.75, 3.05) is 11.9 Å². The van der Waals surface area contributed by atoms with E-state index >= 15 is 0 Å². The lowest BCUT2D eigenvalue weighted by molar-refractivity contribution is -0.140. The molecule has 2 atom stereocenters. The van der Waals surface area contributed by atoms with Crippen molar-refractivity contribution in [3.8, 4) is 12.3 Å². The van der Waals surface area contributed by atoms with Gasteiger partial charge in [-0.1, -0.05) is 42.3 Å². The van der Waals surface area contributed by atoms with Gasteiger partial charge >= 0.3 is 6.09 Å². The number of para-hydroxylation sites is 1. The van der Waals surface area contributed by atoms with Crippen LogP contribution >= 0.6 is 0 Å². The highest BCUT2D eigenvalue weighted by atomic mass is 16.6. The van der Waals surface area contributed by atoms with Crippen molar-refractivity contribution in [3.05, 3.63) is 65.2 Å². The van der Waals surface area contributed by atoms with Crippen LogP contribution in [0.5, 0.6) is 0 Å². The van der Waals surface area contributed by atoms with Crippen molar-refractivity contribution < 1.29 is 19.1 Å². The SMILES string of the molecule is C#Cc1ccccc1C(C(=O)Nc1ccccc1C)N(CC)C(=O)C(C)NC(=O)OC(C)(C)C. The van der Waals surface area contributed by atoms with Crippen molar-refractivity contribution in [1.82, 2.24) is 10.2 Å². The number of hydrogen-bond acceptors (Lipinski definition) is 4. The molecule has 0 saturated carbocycles. The van der Waals surface area contributed by atoms with Gasteiger partial charge in [0.05, 0.1) is 0 Å². The lowest BCUT2D eigenvalue weighted by Crippen LogP contribution is -2.51. The van der Waals surface area contributed by atoms with E-state index in [4.69, 9.17) is 11.2 Å². The van der Waals surface area contributed by atoms with Gasteiger partial charge in [0, 0.05) is 17.8 Å². The van der Waals surface area contributed by atoms with Gasteiger partial charge in [0.15, 0.2) is 0 Å². The number of aryl methyl sites for hydroxylation is 1. The smallest absolute Gasteiger partial charge is 0.408 e. The number of anilines is 1. The van der Waals surface area contributed by atoms with Crippen LogP contribution in [0.25, 0.3) is 0 Å². The van der Waals surface area contributed by atoms with Gasteiger partial charge in [-0.3, -0.25) is 9.59 Å². The lowest BCUT2D eigenvalue weighted by Gasteiger charge is -2.33. The third kappa shape index (κ3) is 6.85. The van der Waals surface area contributed by atoms with Crippen LogP contribution in [-0.2, 0) is 14.3 Å². The van der Waals surface area contributed by atoms with Gasteiger partial charge in [0.25, 0.3) is 5.91 Å². The van der Waals surface area contributed by atoms with Crippen molar-refractivity contribution in [3.63, 3.8) is 0 Å². The summed E-state index contributed by atoms with van der Waals surface area (Å²) in [6.07, 6.45) is 5.00. The number of rotatable bonds is 7. The molecular weight excluding hydrogens is 430 g/mol. The number of terminal acetylenes is 1. The van der Waals surface area contributed by atoms with Gasteiger partial charge in [-0.25, -0.2) is 4.79 Å². The highest BCUT2D eigenvalue weighted by Gasteiger charge is 2.35. The predicted molar refractivity (Wildman–Crippen MR) is 133 cm³/mol. The molecule has 2 aromatic rings. The summed E-state index contributed by atoms with van der Waals surface area (Å²) in [5.74, 6) is 1.76. The summed E-state index contributed by atoms with van der Waals surface area (Å²) in [7, 11) is 0. The molecular formula is C27H33N3O4. The Balaban J connectivity index is 2.42. The van der Waals surface area contributed by atoms with E-state index in [-0.39, 0.29) is 6.54 Å². The number of nitrogens with zero attached hydrogens (tertiary/aromatic N) is 1. The highest BCUT2D eigenvalue weighted by Crippen LogP contribution is 2.27. The monoisotopic (exact) mass is 463 g/mol. The summed E-state index contributed by atoms with van der Waals surface area (Å²) >= 11 is 0. The molecule has 0 spiro atoms. The van der Waals surface area contributed by atoms with Crippen molar-refractivity contribution in [2.24, 2.45) is 0 Å². The third-order valence-electron chi connectivity index (χ3n) is 5.10. The van der Waals surface area contributed by atoms with E-state index < -0.39 is 35.6 Å². The summed E-state index contributed by atoms with van der Waals surface area (Å²) in [5.41, 5.74) is 1.84. The maximum atomic E-state index is 13.6. The second-order valence-electron chi connectivity index (χ2n) is 8.93. The summed E-state index contributed by atoms with van der Waals surface area (Å²) in [6.45, 7) is 10.6. The molecule has 0 fully saturated rings. The van der Waals surface area contributed by atoms with Gasteiger partial charge in [0.1, 0.15) is 17.7 Å². The Morgan fingerprint density at radius 2 is 1.71 bits per heavy atom. The van der Waals surface area contributed by atoms with Crippen LogP contribution in [0.1, 0.15) is 57.4 Å². The highest BCUT2D eigenvalue weighted by molar-refractivity contribution is 5.99. The zero-order valence-corrected chi connectivity index (χ0v) is 20.6. The largest absolute Gasteiger partial charge is 0.444 e. The summed E-state index contributed by atoms with van der Waals surface area (Å²) < 4.78 is 5.27. The molecule has 0 heterocycles. The molecule has 2 unspecified atom stereocenters. The fourth-order valence-corrected chi connectivity index (χ4v) is 3.49. The van der Waals surface area contributed by atoms with Gasteiger partial charge < -0.3 is 20.3 Å². The van der Waals surface area contributed by atoms with Crippen molar-refractivity contribution in [1.29, 1.82) is 0 Å². The number of ether oxygens (including phenoxy) is 1. The van der Waals surface area contributed by atoms with E-state index in [9.17, 15) is 14.4 Å². The molecule has 0 aliphatic rings. The van der Waals surface area contributed by atoms with Crippen LogP contribution in [-0.4, -0.2) is 41.0 Å². The van der Waals surface area contributed by atoms with Crippen LogP contribution in [0.4, 0.5) is 10.5 Å².